The van der Waals surface area contributed by atoms with E-state index in [0.29, 0.717) is 6.54 Å². The van der Waals surface area contributed by atoms with Gasteiger partial charge >= 0.3 is 0 Å². The van der Waals surface area contributed by atoms with Crippen molar-refractivity contribution in [1.82, 2.24) is 4.98 Å². The van der Waals surface area contributed by atoms with E-state index in [1.807, 2.05) is 6.92 Å². The summed E-state index contributed by atoms with van der Waals surface area (Å²) < 4.78 is 22.1. The molecule has 0 saturated heterocycles. The molecular weight excluding hydrogens is 336 g/mol. The molecule has 0 amide bonds. The lowest BCUT2D eigenvalue weighted by atomic mass is 10.3. The van der Waals surface area contributed by atoms with Gasteiger partial charge in [0.15, 0.2) is 9.84 Å². The molecule has 0 aliphatic heterocycles. The molecule has 0 saturated carbocycles. The lowest BCUT2D eigenvalue weighted by Crippen LogP contribution is -2.00. The Bertz CT molecular complexity index is 386. The number of halogens is 2. The molecule has 0 unspecified atom stereocenters. The van der Waals surface area contributed by atoms with Crippen LogP contribution >= 0.6 is 34.0 Å². The van der Waals surface area contributed by atoms with Gasteiger partial charge in [0.2, 0.25) is 0 Å². The molecule has 0 aliphatic rings. The first-order chi connectivity index (χ1) is 5.45. The Morgan fingerprint density at radius 2 is 1.93 bits per heavy atom. The Morgan fingerprint density at radius 1 is 1.43 bits per heavy atom. The molecule has 0 bridgehead atoms. The second-order valence-electron chi connectivity index (χ2n) is 2.77. The normalized spacial score (nSPS) is 10.2. The van der Waals surface area contributed by atoms with Gasteiger partial charge in [-0.05, 0) is 18.6 Å². The zero-order valence-electron chi connectivity index (χ0n) is 7.90. The second-order valence-corrected chi connectivity index (χ2v) is 4.76. The van der Waals surface area contributed by atoms with Crippen LogP contribution in [0, 0.1) is 6.92 Å². The summed E-state index contributed by atoms with van der Waals surface area (Å²) in [4.78, 5) is 2.76. The van der Waals surface area contributed by atoms with Crippen molar-refractivity contribution in [2.24, 2.45) is 5.73 Å². The average molecular weight is 350 g/mol. The van der Waals surface area contributed by atoms with Gasteiger partial charge < -0.3 is 10.7 Å². The van der Waals surface area contributed by atoms with Crippen LogP contribution in [-0.4, -0.2) is 19.7 Å². The topological polar surface area (TPSA) is 76.0 Å². The summed E-state index contributed by atoms with van der Waals surface area (Å²) >= 11 is 0. The summed E-state index contributed by atoms with van der Waals surface area (Å²) in [6.07, 6.45) is 1.17. The first kappa shape index (κ1) is 16.6. The number of sulfone groups is 1. The number of rotatable bonds is 2. The van der Waals surface area contributed by atoms with Crippen LogP contribution in [0.25, 0.3) is 0 Å². The molecule has 0 aliphatic carbocycles. The first-order valence-electron chi connectivity index (χ1n) is 3.53. The van der Waals surface area contributed by atoms with Crippen molar-refractivity contribution in [3.8, 4) is 0 Å². The van der Waals surface area contributed by atoms with Crippen LogP contribution in [0.15, 0.2) is 11.1 Å². The summed E-state index contributed by atoms with van der Waals surface area (Å²) in [5, 5.41) is 0.237. The van der Waals surface area contributed by atoms with Gasteiger partial charge in [0.05, 0.1) is 0 Å². The molecule has 0 spiro atoms. The Morgan fingerprint density at radius 3 is 2.14 bits per heavy atom. The largest absolute Gasteiger partial charge is 0.348 e. The van der Waals surface area contributed by atoms with E-state index in [9.17, 15) is 8.42 Å². The fraction of sp³-hybridized carbons (Fsp3) is 0.429. The van der Waals surface area contributed by atoms with Crippen LogP contribution in [0.3, 0.4) is 0 Å². The van der Waals surface area contributed by atoms with Crippen molar-refractivity contribution in [2.45, 2.75) is 18.5 Å². The lowest BCUT2D eigenvalue weighted by Gasteiger charge is -1.92. The highest BCUT2D eigenvalue weighted by atomic mass is 79.9. The first-order valence-corrected chi connectivity index (χ1v) is 5.43. The number of nitrogens with two attached hydrogens (primary N) is 1. The molecule has 4 nitrogen and oxygen atoms in total. The molecule has 0 aromatic carbocycles. The minimum absolute atomic E-state index is 0. The Balaban J connectivity index is 0. The summed E-state index contributed by atoms with van der Waals surface area (Å²) in [5.74, 6) is 0. The zero-order chi connectivity index (χ0) is 9.35. The number of aromatic nitrogens is 1. The van der Waals surface area contributed by atoms with Crippen molar-refractivity contribution < 1.29 is 8.42 Å². The van der Waals surface area contributed by atoms with Gasteiger partial charge in [-0.3, -0.25) is 0 Å². The SMILES string of the molecule is Br.Br.Cc1cc(S(C)(=O)=O)[nH]c1CN. The minimum atomic E-state index is -3.13. The molecule has 7 heteroatoms. The number of hydrogen-bond donors (Lipinski definition) is 2. The molecule has 1 heterocycles. The highest BCUT2D eigenvalue weighted by molar-refractivity contribution is 8.93. The van der Waals surface area contributed by atoms with Crippen LogP contribution in [0.4, 0.5) is 0 Å². The molecular formula is C7H14Br2N2O2S. The highest BCUT2D eigenvalue weighted by Gasteiger charge is 2.11. The van der Waals surface area contributed by atoms with Crippen LogP contribution in [0.2, 0.25) is 0 Å². The Labute approximate surface area is 105 Å². The predicted molar refractivity (Wildman–Crippen MR) is 67.2 cm³/mol. The number of aromatic amines is 1. The van der Waals surface area contributed by atoms with E-state index in [1.165, 1.54) is 6.26 Å². The van der Waals surface area contributed by atoms with Crippen molar-refractivity contribution in [3.63, 3.8) is 0 Å². The highest BCUT2D eigenvalue weighted by Crippen LogP contribution is 2.13. The monoisotopic (exact) mass is 348 g/mol. The van der Waals surface area contributed by atoms with Crippen LogP contribution < -0.4 is 5.73 Å². The van der Waals surface area contributed by atoms with Crippen LogP contribution in [0.1, 0.15) is 11.3 Å². The van der Waals surface area contributed by atoms with Crippen LogP contribution in [-0.2, 0) is 16.4 Å². The predicted octanol–water partition coefficient (Wildman–Crippen LogP) is 1.34. The van der Waals surface area contributed by atoms with Gasteiger partial charge in [0.1, 0.15) is 5.03 Å². The van der Waals surface area contributed by atoms with Gasteiger partial charge in [-0.2, -0.15) is 0 Å². The fourth-order valence-corrected chi connectivity index (χ4v) is 1.68. The smallest absolute Gasteiger partial charge is 0.190 e. The van der Waals surface area contributed by atoms with Crippen molar-refractivity contribution in [2.75, 3.05) is 6.26 Å². The van der Waals surface area contributed by atoms with E-state index >= 15 is 0 Å². The Kier molecular flexibility index (Phi) is 6.98. The van der Waals surface area contributed by atoms with Gasteiger partial charge in [-0.25, -0.2) is 8.42 Å². The molecule has 84 valence electrons. The summed E-state index contributed by atoms with van der Waals surface area (Å²) in [7, 11) is -3.13. The molecule has 3 N–H and O–H groups in total. The maximum absolute atomic E-state index is 11.0. The molecule has 14 heavy (non-hydrogen) atoms. The molecule has 1 aromatic rings. The molecule has 1 rings (SSSR count). The van der Waals surface area contributed by atoms with E-state index in [0.717, 1.165) is 11.3 Å². The fourth-order valence-electron chi connectivity index (χ4n) is 0.979. The summed E-state index contributed by atoms with van der Waals surface area (Å²) in [6.45, 7) is 2.16. The van der Waals surface area contributed by atoms with Gasteiger partial charge in [-0.1, -0.05) is 0 Å². The second kappa shape index (κ2) is 5.89. The summed E-state index contributed by atoms with van der Waals surface area (Å²) in [5.41, 5.74) is 7.04. The third kappa shape index (κ3) is 3.72. The third-order valence-corrected chi connectivity index (χ3v) is 2.72. The van der Waals surface area contributed by atoms with Crippen molar-refractivity contribution >= 4 is 43.8 Å². The number of hydrogen-bond acceptors (Lipinski definition) is 3. The zero-order valence-corrected chi connectivity index (χ0v) is 12.1. The van der Waals surface area contributed by atoms with E-state index in [1.54, 1.807) is 6.07 Å². The van der Waals surface area contributed by atoms with Gasteiger partial charge in [0, 0.05) is 18.5 Å². The number of H-pyrrole nitrogens is 1. The molecule has 0 radical (unpaired) electrons. The molecule has 0 atom stereocenters. The molecule has 0 fully saturated rings. The van der Waals surface area contributed by atoms with E-state index in [2.05, 4.69) is 4.98 Å². The summed E-state index contributed by atoms with van der Waals surface area (Å²) in [6, 6.07) is 1.59. The maximum atomic E-state index is 11.0. The Hall–Kier alpha value is 0.150. The van der Waals surface area contributed by atoms with Gasteiger partial charge in [-0.15, -0.1) is 34.0 Å². The van der Waals surface area contributed by atoms with Gasteiger partial charge in [0.25, 0.3) is 0 Å². The minimum Gasteiger partial charge on any atom is -0.348 e. The van der Waals surface area contributed by atoms with Crippen LogP contribution in [0.5, 0.6) is 0 Å². The van der Waals surface area contributed by atoms with Crippen molar-refractivity contribution in [1.29, 1.82) is 0 Å². The van der Waals surface area contributed by atoms with E-state index in [-0.39, 0.29) is 39.0 Å². The van der Waals surface area contributed by atoms with E-state index in [4.69, 9.17) is 5.73 Å². The number of aryl methyl sites for hydroxylation is 1. The third-order valence-electron chi connectivity index (χ3n) is 1.70. The number of nitrogens with one attached hydrogen (secondary N) is 1. The average Bonchev–Trinajstić information content (AvgIpc) is 2.29. The van der Waals surface area contributed by atoms with E-state index < -0.39 is 9.84 Å². The quantitative estimate of drug-likeness (QED) is 0.845. The standard InChI is InChI=1S/C7H12N2O2S.2BrH/c1-5-3-7(12(2,10)11)9-6(5)4-8;;/h3,9H,4,8H2,1-2H3;2*1H. The van der Waals surface area contributed by atoms with Crippen molar-refractivity contribution in [3.05, 3.63) is 17.3 Å². The maximum Gasteiger partial charge on any atom is 0.190 e. The molecule has 1 aromatic heterocycles. The lowest BCUT2D eigenvalue weighted by molar-refractivity contribution is 0.598.